The molecule has 1 aliphatic heterocycles. The molecule has 19 heavy (non-hydrogen) atoms. The van der Waals surface area contributed by atoms with E-state index in [1.165, 1.54) is 58.2 Å². The van der Waals surface area contributed by atoms with Crippen molar-refractivity contribution < 1.29 is 0 Å². The van der Waals surface area contributed by atoms with Gasteiger partial charge in [0.2, 0.25) is 0 Å². The maximum absolute atomic E-state index is 3.88. The van der Waals surface area contributed by atoms with E-state index in [4.69, 9.17) is 0 Å². The lowest BCUT2D eigenvalue weighted by Crippen LogP contribution is -2.65. The van der Waals surface area contributed by atoms with Crippen molar-refractivity contribution in [1.29, 1.82) is 0 Å². The quantitative estimate of drug-likeness (QED) is 0.843. The van der Waals surface area contributed by atoms with E-state index in [0.717, 1.165) is 0 Å². The SMILES string of the molecule is CC(CCN(C)C)N1CC2(CCCCC2)NCC1C. The average molecular weight is 267 g/mol. The molecule has 0 aromatic heterocycles. The molecular weight excluding hydrogens is 234 g/mol. The largest absolute Gasteiger partial charge is 0.309 e. The van der Waals surface area contributed by atoms with Gasteiger partial charge in [-0.1, -0.05) is 19.3 Å². The highest BCUT2D eigenvalue weighted by molar-refractivity contribution is 4.99. The van der Waals surface area contributed by atoms with E-state index in [9.17, 15) is 0 Å². The number of hydrogen-bond donors (Lipinski definition) is 1. The van der Waals surface area contributed by atoms with Gasteiger partial charge >= 0.3 is 0 Å². The van der Waals surface area contributed by atoms with Crippen LogP contribution in [0.15, 0.2) is 0 Å². The Morgan fingerprint density at radius 1 is 1.26 bits per heavy atom. The van der Waals surface area contributed by atoms with Crippen molar-refractivity contribution in [1.82, 2.24) is 15.1 Å². The Bertz CT molecular complexity index is 271. The third-order valence-corrected chi connectivity index (χ3v) is 5.19. The Labute approximate surface area is 119 Å². The van der Waals surface area contributed by atoms with Crippen molar-refractivity contribution in [3.05, 3.63) is 0 Å². The molecule has 2 aliphatic rings. The first kappa shape index (κ1) is 15.3. The van der Waals surface area contributed by atoms with Gasteiger partial charge in [0, 0.05) is 30.7 Å². The van der Waals surface area contributed by atoms with Crippen LogP contribution in [0.1, 0.15) is 52.4 Å². The van der Waals surface area contributed by atoms with Gasteiger partial charge in [-0.3, -0.25) is 4.90 Å². The number of rotatable bonds is 4. The molecule has 0 aromatic rings. The monoisotopic (exact) mass is 267 g/mol. The first-order valence-electron chi connectivity index (χ1n) is 8.18. The topological polar surface area (TPSA) is 18.5 Å². The number of nitrogens with one attached hydrogen (secondary N) is 1. The minimum Gasteiger partial charge on any atom is -0.309 e. The van der Waals surface area contributed by atoms with Crippen molar-refractivity contribution in [2.75, 3.05) is 33.7 Å². The smallest absolute Gasteiger partial charge is 0.0309 e. The summed E-state index contributed by atoms with van der Waals surface area (Å²) in [6, 6.07) is 1.39. The highest BCUT2D eigenvalue weighted by Gasteiger charge is 2.39. The third-order valence-electron chi connectivity index (χ3n) is 5.19. The van der Waals surface area contributed by atoms with E-state index in [2.05, 4.69) is 43.1 Å². The molecule has 2 atom stereocenters. The van der Waals surface area contributed by atoms with E-state index in [1.807, 2.05) is 0 Å². The second-order valence-electron chi connectivity index (χ2n) is 7.18. The van der Waals surface area contributed by atoms with Crippen molar-refractivity contribution in [2.45, 2.75) is 70.0 Å². The standard InChI is InChI=1S/C16H33N3/c1-14(8-11-18(3)4)19-13-16(17-12-15(19)2)9-6-5-7-10-16/h14-15,17H,5-13H2,1-4H3. The van der Waals surface area contributed by atoms with Gasteiger partial charge in [0.15, 0.2) is 0 Å². The molecule has 1 aliphatic carbocycles. The lowest BCUT2D eigenvalue weighted by atomic mass is 9.79. The van der Waals surface area contributed by atoms with E-state index in [1.54, 1.807) is 0 Å². The molecular formula is C16H33N3. The van der Waals surface area contributed by atoms with Crippen molar-refractivity contribution in [3.63, 3.8) is 0 Å². The average Bonchev–Trinajstić information content (AvgIpc) is 2.40. The molecule has 3 nitrogen and oxygen atoms in total. The van der Waals surface area contributed by atoms with Gasteiger partial charge in [-0.2, -0.15) is 0 Å². The molecule has 3 heteroatoms. The maximum Gasteiger partial charge on any atom is 0.0309 e. The normalized spacial score (nSPS) is 29.8. The lowest BCUT2D eigenvalue weighted by Gasteiger charge is -2.51. The van der Waals surface area contributed by atoms with E-state index in [0.29, 0.717) is 17.6 Å². The molecule has 2 rings (SSSR count). The summed E-state index contributed by atoms with van der Waals surface area (Å²) in [5, 5.41) is 3.88. The molecule has 1 saturated heterocycles. The van der Waals surface area contributed by atoms with Gasteiger partial charge in [-0.25, -0.2) is 0 Å². The van der Waals surface area contributed by atoms with Crippen LogP contribution in [0.25, 0.3) is 0 Å². The molecule has 0 bridgehead atoms. The second-order valence-corrected chi connectivity index (χ2v) is 7.18. The van der Waals surface area contributed by atoms with E-state index in [-0.39, 0.29) is 0 Å². The van der Waals surface area contributed by atoms with Gasteiger partial charge in [0.25, 0.3) is 0 Å². The first-order valence-corrected chi connectivity index (χ1v) is 8.18. The van der Waals surface area contributed by atoms with Crippen molar-refractivity contribution in [3.8, 4) is 0 Å². The minimum atomic E-state index is 0.442. The van der Waals surface area contributed by atoms with Gasteiger partial charge in [0.1, 0.15) is 0 Å². The van der Waals surface area contributed by atoms with Crippen LogP contribution in [-0.2, 0) is 0 Å². The first-order chi connectivity index (χ1) is 9.02. The second kappa shape index (κ2) is 6.55. The molecule has 0 amide bonds. The summed E-state index contributed by atoms with van der Waals surface area (Å²) in [4.78, 5) is 5.07. The van der Waals surface area contributed by atoms with Crippen LogP contribution in [0.5, 0.6) is 0 Å². The molecule has 0 aromatic carbocycles. The summed E-state index contributed by atoms with van der Waals surface area (Å²) in [6.07, 6.45) is 8.33. The Morgan fingerprint density at radius 2 is 1.95 bits per heavy atom. The fourth-order valence-electron chi connectivity index (χ4n) is 3.81. The molecule has 2 unspecified atom stereocenters. The zero-order valence-electron chi connectivity index (χ0n) is 13.4. The molecule has 1 N–H and O–H groups in total. The number of hydrogen-bond acceptors (Lipinski definition) is 3. The summed E-state index contributed by atoms with van der Waals surface area (Å²) in [5.41, 5.74) is 0.442. The lowest BCUT2D eigenvalue weighted by molar-refractivity contribution is 0.0317. The Kier molecular flexibility index (Phi) is 5.27. The van der Waals surface area contributed by atoms with Gasteiger partial charge in [-0.15, -0.1) is 0 Å². The highest BCUT2D eigenvalue weighted by Crippen LogP contribution is 2.32. The van der Waals surface area contributed by atoms with Crippen molar-refractivity contribution in [2.24, 2.45) is 0 Å². The summed E-state index contributed by atoms with van der Waals surface area (Å²) in [5.74, 6) is 0. The predicted molar refractivity (Wildman–Crippen MR) is 82.6 cm³/mol. The van der Waals surface area contributed by atoms with Crippen LogP contribution < -0.4 is 5.32 Å². The third kappa shape index (κ3) is 3.93. The fourth-order valence-corrected chi connectivity index (χ4v) is 3.81. The van der Waals surface area contributed by atoms with Gasteiger partial charge in [0.05, 0.1) is 0 Å². The number of nitrogens with zero attached hydrogens (tertiary/aromatic N) is 2. The van der Waals surface area contributed by atoms with Crippen LogP contribution in [0, 0.1) is 0 Å². The number of piperazine rings is 1. The molecule has 1 spiro atoms. The van der Waals surface area contributed by atoms with Crippen LogP contribution in [0.2, 0.25) is 0 Å². The Balaban J connectivity index is 1.93. The molecule has 1 heterocycles. The fraction of sp³-hybridized carbons (Fsp3) is 1.00. The molecule has 1 saturated carbocycles. The zero-order chi connectivity index (χ0) is 13.9. The van der Waals surface area contributed by atoms with E-state index < -0.39 is 0 Å². The van der Waals surface area contributed by atoms with Crippen LogP contribution in [-0.4, -0.2) is 61.2 Å². The van der Waals surface area contributed by atoms with E-state index >= 15 is 0 Å². The van der Waals surface area contributed by atoms with Crippen LogP contribution >= 0.6 is 0 Å². The molecule has 2 fully saturated rings. The molecule has 112 valence electrons. The minimum absolute atomic E-state index is 0.442. The summed E-state index contributed by atoms with van der Waals surface area (Å²) in [6.45, 7) is 8.44. The summed E-state index contributed by atoms with van der Waals surface area (Å²) >= 11 is 0. The zero-order valence-corrected chi connectivity index (χ0v) is 13.4. The summed E-state index contributed by atoms with van der Waals surface area (Å²) in [7, 11) is 4.35. The van der Waals surface area contributed by atoms with Gasteiger partial charge < -0.3 is 10.2 Å². The Hall–Kier alpha value is -0.120. The highest BCUT2D eigenvalue weighted by atomic mass is 15.3. The Morgan fingerprint density at radius 3 is 2.58 bits per heavy atom. The van der Waals surface area contributed by atoms with Crippen molar-refractivity contribution >= 4 is 0 Å². The van der Waals surface area contributed by atoms with Gasteiger partial charge in [-0.05, 0) is 53.8 Å². The van der Waals surface area contributed by atoms with Crippen LogP contribution in [0.3, 0.4) is 0 Å². The summed E-state index contributed by atoms with van der Waals surface area (Å²) < 4.78 is 0. The van der Waals surface area contributed by atoms with Crippen LogP contribution in [0.4, 0.5) is 0 Å². The predicted octanol–water partition coefficient (Wildman–Crippen LogP) is 2.32. The molecule has 0 radical (unpaired) electrons. The maximum atomic E-state index is 3.88.